The quantitative estimate of drug-likeness (QED) is 0.322. The van der Waals surface area contributed by atoms with Crippen LogP contribution < -0.4 is 9.64 Å². The molecule has 0 aromatic heterocycles. The lowest BCUT2D eigenvalue weighted by molar-refractivity contribution is 0.0600. The predicted molar refractivity (Wildman–Crippen MR) is 148 cm³/mol. The van der Waals surface area contributed by atoms with Crippen molar-refractivity contribution in [2.24, 2.45) is 11.8 Å². The number of hydrogen-bond acceptors (Lipinski definition) is 5. The van der Waals surface area contributed by atoms with E-state index in [0.717, 1.165) is 70.2 Å². The Morgan fingerprint density at radius 1 is 1.25 bits per heavy atom. The Bertz CT molecular complexity index is 1010. The first-order valence-electron chi connectivity index (χ1n) is 13.0. The molecule has 0 radical (unpaired) electrons. The second-order valence-corrected chi connectivity index (χ2v) is 9.38. The van der Waals surface area contributed by atoms with E-state index in [1.807, 2.05) is 19.1 Å². The second-order valence-electron chi connectivity index (χ2n) is 9.38. The summed E-state index contributed by atoms with van der Waals surface area (Å²) in [6.45, 7) is 8.88. The van der Waals surface area contributed by atoms with E-state index in [9.17, 15) is 4.79 Å². The Kier molecular flexibility index (Phi) is 12.9. The summed E-state index contributed by atoms with van der Waals surface area (Å²) in [4.78, 5) is 14.7. The van der Waals surface area contributed by atoms with Crippen LogP contribution in [0.15, 0.2) is 42.5 Å². The Hall–Kier alpha value is -2.97. The normalized spacial score (nSPS) is 15.2. The summed E-state index contributed by atoms with van der Waals surface area (Å²) in [5, 5.41) is 7.00. The SMILES string of the molecule is CC#CCCC(CC)CN1CC(CCCc2cccc(C)c2)COc2ccc(C(=O)OC)cc21.CO. The minimum absolute atomic E-state index is 0.313. The number of esters is 1. The lowest BCUT2D eigenvalue weighted by atomic mass is 9.96. The maximum Gasteiger partial charge on any atom is 0.337 e. The van der Waals surface area contributed by atoms with Gasteiger partial charge in [0.2, 0.25) is 0 Å². The van der Waals surface area contributed by atoms with Crippen LogP contribution in [0.3, 0.4) is 0 Å². The van der Waals surface area contributed by atoms with Gasteiger partial charge in [0.25, 0.3) is 0 Å². The van der Waals surface area contributed by atoms with Gasteiger partial charge in [-0.05, 0) is 69.2 Å². The lowest BCUT2D eigenvalue weighted by Gasteiger charge is -2.30. The average Bonchev–Trinajstić information content (AvgIpc) is 3.07. The van der Waals surface area contributed by atoms with Crippen molar-refractivity contribution in [2.75, 3.05) is 38.8 Å². The molecule has 1 aliphatic heterocycles. The molecule has 1 heterocycles. The molecule has 1 aliphatic rings. The molecule has 196 valence electrons. The van der Waals surface area contributed by atoms with Gasteiger partial charge >= 0.3 is 5.97 Å². The van der Waals surface area contributed by atoms with Crippen molar-refractivity contribution >= 4 is 11.7 Å². The first-order chi connectivity index (χ1) is 17.5. The predicted octanol–water partition coefficient (Wildman–Crippen LogP) is 6.06. The third-order valence-electron chi connectivity index (χ3n) is 6.74. The number of carbonyl (C=O) groups excluding carboxylic acids is 1. The number of aryl methyl sites for hydroxylation is 2. The van der Waals surface area contributed by atoms with E-state index in [1.54, 1.807) is 6.07 Å². The van der Waals surface area contributed by atoms with E-state index in [2.05, 4.69) is 54.9 Å². The molecule has 0 fully saturated rings. The van der Waals surface area contributed by atoms with Gasteiger partial charge in [0.05, 0.1) is 25.0 Å². The minimum atomic E-state index is -0.313. The van der Waals surface area contributed by atoms with Crippen molar-refractivity contribution in [2.45, 2.75) is 59.3 Å². The third kappa shape index (κ3) is 8.91. The van der Waals surface area contributed by atoms with Crippen LogP contribution in [0.4, 0.5) is 5.69 Å². The smallest absolute Gasteiger partial charge is 0.337 e. The van der Waals surface area contributed by atoms with Crippen LogP contribution in [0.25, 0.3) is 0 Å². The number of hydrogen-bond donors (Lipinski definition) is 1. The molecule has 5 heteroatoms. The Morgan fingerprint density at radius 3 is 2.75 bits per heavy atom. The summed E-state index contributed by atoms with van der Waals surface area (Å²) in [6.07, 6.45) is 6.45. The summed E-state index contributed by atoms with van der Waals surface area (Å²) in [6, 6.07) is 14.5. The largest absolute Gasteiger partial charge is 0.491 e. The van der Waals surface area contributed by atoms with E-state index in [0.29, 0.717) is 24.0 Å². The number of rotatable bonds is 10. The molecule has 0 bridgehead atoms. The number of fused-ring (bicyclic) bond motifs is 1. The first kappa shape index (κ1) is 29.3. The summed E-state index contributed by atoms with van der Waals surface area (Å²) in [7, 11) is 2.43. The van der Waals surface area contributed by atoms with Crippen molar-refractivity contribution < 1.29 is 19.4 Å². The van der Waals surface area contributed by atoms with Gasteiger partial charge in [0.1, 0.15) is 5.75 Å². The fraction of sp³-hybridized carbons (Fsp3) is 0.516. The maximum absolute atomic E-state index is 12.2. The van der Waals surface area contributed by atoms with Gasteiger partial charge in [-0.3, -0.25) is 0 Å². The van der Waals surface area contributed by atoms with E-state index in [4.69, 9.17) is 14.6 Å². The molecule has 2 unspecified atom stereocenters. The van der Waals surface area contributed by atoms with Crippen molar-refractivity contribution in [1.82, 2.24) is 0 Å². The van der Waals surface area contributed by atoms with Crippen LogP contribution in [0, 0.1) is 30.6 Å². The van der Waals surface area contributed by atoms with Crippen LogP contribution in [0.2, 0.25) is 0 Å². The van der Waals surface area contributed by atoms with E-state index < -0.39 is 0 Å². The fourth-order valence-corrected chi connectivity index (χ4v) is 4.75. The molecule has 1 N–H and O–H groups in total. The lowest BCUT2D eigenvalue weighted by Crippen LogP contribution is -2.34. The number of carbonyl (C=O) groups is 1. The van der Waals surface area contributed by atoms with Crippen molar-refractivity contribution in [1.29, 1.82) is 0 Å². The second kappa shape index (κ2) is 15.9. The van der Waals surface area contributed by atoms with Gasteiger partial charge in [-0.2, -0.15) is 0 Å². The first-order valence-corrected chi connectivity index (χ1v) is 13.0. The fourth-order valence-electron chi connectivity index (χ4n) is 4.75. The van der Waals surface area contributed by atoms with Crippen LogP contribution >= 0.6 is 0 Å². The number of anilines is 1. The van der Waals surface area contributed by atoms with Crippen molar-refractivity contribution in [3.05, 3.63) is 59.2 Å². The molecule has 2 atom stereocenters. The van der Waals surface area contributed by atoms with Crippen LogP contribution in [-0.4, -0.2) is 45.0 Å². The van der Waals surface area contributed by atoms with Crippen LogP contribution in [0.5, 0.6) is 5.75 Å². The Labute approximate surface area is 217 Å². The zero-order chi connectivity index (χ0) is 26.3. The monoisotopic (exact) mass is 493 g/mol. The van der Waals surface area contributed by atoms with Crippen molar-refractivity contribution in [3.63, 3.8) is 0 Å². The highest BCUT2D eigenvalue weighted by Crippen LogP contribution is 2.35. The van der Waals surface area contributed by atoms with E-state index in [-0.39, 0.29) is 5.97 Å². The van der Waals surface area contributed by atoms with Gasteiger partial charge in [0, 0.05) is 32.5 Å². The summed E-state index contributed by atoms with van der Waals surface area (Å²) in [5.41, 5.74) is 4.29. The minimum Gasteiger partial charge on any atom is -0.491 e. The molecule has 5 nitrogen and oxygen atoms in total. The third-order valence-corrected chi connectivity index (χ3v) is 6.74. The molecular formula is C31H43NO4. The number of benzene rings is 2. The maximum atomic E-state index is 12.2. The molecule has 2 aromatic carbocycles. The molecule has 2 aromatic rings. The molecule has 0 amide bonds. The van der Waals surface area contributed by atoms with Crippen LogP contribution in [-0.2, 0) is 11.2 Å². The summed E-state index contributed by atoms with van der Waals surface area (Å²) < 4.78 is 11.3. The highest BCUT2D eigenvalue weighted by Gasteiger charge is 2.26. The highest BCUT2D eigenvalue weighted by atomic mass is 16.5. The molecule has 0 saturated heterocycles. The van der Waals surface area contributed by atoms with Gasteiger partial charge in [0.15, 0.2) is 0 Å². The summed E-state index contributed by atoms with van der Waals surface area (Å²) >= 11 is 0. The van der Waals surface area contributed by atoms with Gasteiger partial charge in [-0.25, -0.2) is 4.79 Å². The van der Waals surface area contributed by atoms with Gasteiger partial charge in [-0.1, -0.05) is 43.2 Å². The Balaban J connectivity index is 0.00000222. The number of aliphatic hydroxyl groups excluding tert-OH is 1. The van der Waals surface area contributed by atoms with E-state index in [1.165, 1.54) is 18.2 Å². The average molecular weight is 494 g/mol. The number of ether oxygens (including phenoxy) is 2. The number of aliphatic hydroxyl groups is 1. The van der Waals surface area contributed by atoms with Crippen LogP contribution in [0.1, 0.15) is 67.4 Å². The zero-order valence-electron chi connectivity index (χ0n) is 22.7. The van der Waals surface area contributed by atoms with Crippen molar-refractivity contribution in [3.8, 4) is 17.6 Å². The summed E-state index contributed by atoms with van der Waals surface area (Å²) in [5.74, 6) is 7.76. The Morgan fingerprint density at radius 2 is 2.06 bits per heavy atom. The van der Waals surface area contributed by atoms with Gasteiger partial charge in [-0.15, -0.1) is 11.8 Å². The standard InChI is InChI=1S/C30H39NO3.CH4O/c1-5-7-8-12-24(6-2)20-31-21-26(15-10-14-25-13-9-11-23(3)18-25)22-34-29-17-16-27(19-28(29)31)30(32)33-4;1-2/h9,11,13,16-19,24,26H,6,8,10,12,14-15,20-22H2,1-4H3;2H,1H3. The van der Waals surface area contributed by atoms with E-state index >= 15 is 0 Å². The molecule has 0 aliphatic carbocycles. The number of methoxy groups -OCH3 is 1. The molecular weight excluding hydrogens is 450 g/mol. The topological polar surface area (TPSA) is 59.0 Å². The molecule has 0 saturated carbocycles. The molecule has 3 rings (SSSR count). The molecule has 36 heavy (non-hydrogen) atoms. The number of nitrogens with zero attached hydrogens (tertiary/aromatic N) is 1. The molecule has 0 spiro atoms. The van der Waals surface area contributed by atoms with Gasteiger partial charge < -0.3 is 19.5 Å². The zero-order valence-corrected chi connectivity index (χ0v) is 22.7. The highest BCUT2D eigenvalue weighted by molar-refractivity contribution is 5.91.